The topological polar surface area (TPSA) is 60.3 Å². The van der Waals surface area contributed by atoms with Crippen LogP contribution in [0.3, 0.4) is 0 Å². The zero-order valence-corrected chi connectivity index (χ0v) is 15.4. The summed E-state index contributed by atoms with van der Waals surface area (Å²) in [5.74, 6) is -0.189. The lowest BCUT2D eigenvalue weighted by molar-refractivity contribution is 0.0939. The Morgan fingerprint density at radius 3 is 2.62 bits per heavy atom. The van der Waals surface area contributed by atoms with Crippen LogP contribution in [0.5, 0.6) is 0 Å². The van der Waals surface area contributed by atoms with Crippen molar-refractivity contribution in [2.24, 2.45) is 0 Å². The van der Waals surface area contributed by atoms with Crippen molar-refractivity contribution in [2.45, 2.75) is 25.9 Å². The summed E-state index contributed by atoms with van der Waals surface area (Å²) in [7, 11) is 1.57. The number of carbonyl (C=O) groups is 1. The number of hydrogen-bond acceptors (Lipinski definition) is 3. The summed E-state index contributed by atoms with van der Waals surface area (Å²) in [5.41, 5.74) is 1.47. The summed E-state index contributed by atoms with van der Waals surface area (Å²) in [5, 5.41) is 2.96. The molecule has 0 radical (unpaired) electrons. The Bertz CT molecular complexity index is 741. The Kier molecular flexibility index (Phi) is 6.75. The molecule has 2 aromatic rings. The van der Waals surface area contributed by atoms with Crippen molar-refractivity contribution in [3.63, 3.8) is 0 Å². The monoisotopic (exact) mass is 392 g/mol. The van der Waals surface area contributed by atoms with Gasteiger partial charge in [0.15, 0.2) is 0 Å². The van der Waals surface area contributed by atoms with Crippen LogP contribution in [0.2, 0.25) is 0 Å². The van der Waals surface area contributed by atoms with Crippen LogP contribution < -0.4 is 10.9 Å². The van der Waals surface area contributed by atoms with Gasteiger partial charge >= 0.3 is 0 Å². The van der Waals surface area contributed by atoms with E-state index in [2.05, 4.69) is 21.2 Å². The van der Waals surface area contributed by atoms with Gasteiger partial charge in [0.1, 0.15) is 0 Å². The highest BCUT2D eigenvalue weighted by atomic mass is 79.9. The van der Waals surface area contributed by atoms with Gasteiger partial charge in [0.25, 0.3) is 11.5 Å². The molecule has 0 fully saturated rings. The second-order valence-electron chi connectivity index (χ2n) is 5.65. The van der Waals surface area contributed by atoms with Crippen molar-refractivity contribution in [2.75, 3.05) is 13.7 Å². The summed E-state index contributed by atoms with van der Waals surface area (Å²) in [6.45, 7) is 2.80. The number of methoxy groups -OCH3 is 1. The number of amides is 1. The van der Waals surface area contributed by atoms with Crippen molar-refractivity contribution < 1.29 is 9.53 Å². The molecule has 24 heavy (non-hydrogen) atoms. The molecule has 1 N–H and O–H groups in total. The van der Waals surface area contributed by atoms with E-state index in [9.17, 15) is 9.59 Å². The van der Waals surface area contributed by atoms with Crippen molar-refractivity contribution in [1.29, 1.82) is 0 Å². The molecule has 0 bridgehead atoms. The third-order valence-corrected chi connectivity index (χ3v) is 4.14. The van der Waals surface area contributed by atoms with Crippen molar-refractivity contribution >= 4 is 21.8 Å². The molecular formula is C18H21BrN2O3. The Morgan fingerprint density at radius 1 is 1.25 bits per heavy atom. The van der Waals surface area contributed by atoms with Crippen molar-refractivity contribution in [3.05, 3.63) is 68.5 Å². The molecule has 0 aliphatic rings. The first-order valence-electron chi connectivity index (χ1n) is 7.74. The van der Waals surface area contributed by atoms with Gasteiger partial charge in [0, 0.05) is 36.4 Å². The number of benzene rings is 1. The number of carbonyl (C=O) groups excluding carboxylic acids is 1. The van der Waals surface area contributed by atoms with Crippen LogP contribution in [-0.4, -0.2) is 30.2 Å². The molecule has 128 valence electrons. The molecule has 6 heteroatoms. The predicted octanol–water partition coefficient (Wildman–Crippen LogP) is 2.62. The zero-order valence-electron chi connectivity index (χ0n) is 13.8. The first kappa shape index (κ1) is 18.4. The van der Waals surface area contributed by atoms with E-state index in [0.717, 1.165) is 16.5 Å². The van der Waals surface area contributed by atoms with Gasteiger partial charge in [-0.15, -0.1) is 0 Å². The molecular weight excluding hydrogens is 372 g/mol. The smallest absolute Gasteiger partial charge is 0.252 e. The van der Waals surface area contributed by atoms with Crippen LogP contribution in [0, 0.1) is 0 Å². The fourth-order valence-electron chi connectivity index (χ4n) is 2.36. The molecule has 0 saturated heterocycles. The standard InChI is InChI=1S/C18H21BrN2O3/c1-13(11-14-3-6-16(19)7-4-14)20-18(23)15-5-8-17(22)21(12-15)9-10-24-2/h3-8,12-13H,9-11H2,1-2H3,(H,20,23). The van der Waals surface area contributed by atoms with Crippen molar-refractivity contribution in [1.82, 2.24) is 9.88 Å². The van der Waals surface area contributed by atoms with E-state index < -0.39 is 0 Å². The molecule has 5 nitrogen and oxygen atoms in total. The van der Waals surface area contributed by atoms with Gasteiger partial charge < -0.3 is 14.6 Å². The number of nitrogens with one attached hydrogen (secondary N) is 1. The third kappa shape index (κ3) is 5.32. The van der Waals surface area contributed by atoms with Gasteiger partial charge in [-0.3, -0.25) is 9.59 Å². The minimum atomic E-state index is -0.189. The van der Waals surface area contributed by atoms with E-state index in [-0.39, 0.29) is 17.5 Å². The first-order valence-corrected chi connectivity index (χ1v) is 8.53. The second kappa shape index (κ2) is 8.80. The highest BCUT2D eigenvalue weighted by Crippen LogP contribution is 2.12. The average molecular weight is 393 g/mol. The fraction of sp³-hybridized carbons (Fsp3) is 0.333. The van der Waals surface area contributed by atoms with E-state index in [4.69, 9.17) is 4.74 Å². The van der Waals surface area contributed by atoms with Gasteiger partial charge in [0.05, 0.1) is 12.2 Å². The van der Waals surface area contributed by atoms with E-state index in [0.29, 0.717) is 18.7 Å². The molecule has 0 spiro atoms. The maximum absolute atomic E-state index is 12.4. The molecule has 1 unspecified atom stereocenters. The summed E-state index contributed by atoms with van der Waals surface area (Å²) in [6, 6.07) is 11.0. The van der Waals surface area contributed by atoms with Crippen LogP contribution in [0.1, 0.15) is 22.8 Å². The number of pyridine rings is 1. The maximum atomic E-state index is 12.4. The Balaban J connectivity index is 2.00. The molecule has 1 aromatic carbocycles. The highest BCUT2D eigenvalue weighted by Gasteiger charge is 2.11. The molecule has 1 atom stereocenters. The molecule has 0 aliphatic heterocycles. The molecule has 2 rings (SSSR count). The van der Waals surface area contributed by atoms with E-state index in [1.54, 1.807) is 19.4 Å². The molecule has 0 saturated carbocycles. The summed E-state index contributed by atoms with van der Waals surface area (Å²) >= 11 is 3.41. The number of aromatic nitrogens is 1. The lowest BCUT2D eigenvalue weighted by atomic mass is 10.1. The first-order chi connectivity index (χ1) is 11.5. The van der Waals surface area contributed by atoms with Crippen LogP contribution >= 0.6 is 15.9 Å². The quantitative estimate of drug-likeness (QED) is 0.787. The van der Waals surface area contributed by atoms with Gasteiger partial charge in [0.2, 0.25) is 0 Å². The third-order valence-electron chi connectivity index (χ3n) is 3.61. The summed E-state index contributed by atoms with van der Waals surface area (Å²) < 4.78 is 7.49. The normalized spacial score (nSPS) is 12.0. The summed E-state index contributed by atoms with van der Waals surface area (Å²) in [4.78, 5) is 24.1. The number of ether oxygens (including phenoxy) is 1. The van der Waals surface area contributed by atoms with Crippen LogP contribution in [0.15, 0.2) is 51.9 Å². The van der Waals surface area contributed by atoms with E-state index >= 15 is 0 Å². The minimum absolute atomic E-state index is 0.0157. The zero-order chi connectivity index (χ0) is 17.5. The number of halogens is 1. The van der Waals surface area contributed by atoms with Gasteiger partial charge in [-0.05, 0) is 37.1 Å². The lowest BCUT2D eigenvalue weighted by Gasteiger charge is -2.15. The molecule has 0 aliphatic carbocycles. The highest BCUT2D eigenvalue weighted by molar-refractivity contribution is 9.10. The Morgan fingerprint density at radius 2 is 1.96 bits per heavy atom. The van der Waals surface area contributed by atoms with Gasteiger partial charge in [-0.25, -0.2) is 0 Å². The molecule has 1 aromatic heterocycles. The van der Waals surface area contributed by atoms with Gasteiger partial charge in [-0.2, -0.15) is 0 Å². The van der Waals surface area contributed by atoms with Crippen LogP contribution in [-0.2, 0) is 17.7 Å². The Hall–Kier alpha value is -1.92. The molecule has 1 amide bonds. The van der Waals surface area contributed by atoms with Crippen LogP contribution in [0.4, 0.5) is 0 Å². The van der Waals surface area contributed by atoms with Crippen LogP contribution in [0.25, 0.3) is 0 Å². The SMILES string of the molecule is COCCn1cc(C(=O)NC(C)Cc2ccc(Br)cc2)ccc1=O. The lowest BCUT2D eigenvalue weighted by Crippen LogP contribution is -2.35. The number of nitrogens with zero attached hydrogens (tertiary/aromatic N) is 1. The minimum Gasteiger partial charge on any atom is -0.383 e. The van der Waals surface area contributed by atoms with Gasteiger partial charge in [-0.1, -0.05) is 28.1 Å². The van der Waals surface area contributed by atoms with Crippen molar-refractivity contribution in [3.8, 4) is 0 Å². The average Bonchev–Trinajstić information content (AvgIpc) is 2.56. The van der Waals surface area contributed by atoms with E-state index in [1.165, 1.54) is 10.6 Å². The number of hydrogen-bond donors (Lipinski definition) is 1. The fourth-order valence-corrected chi connectivity index (χ4v) is 2.63. The Labute approximate surface area is 149 Å². The number of rotatable bonds is 7. The van der Waals surface area contributed by atoms with E-state index in [1.807, 2.05) is 31.2 Å². The summed E-state index contributed by atoms with van der Waals surface area (Å²) in [6.07, 6.45) is 2.31. The largest absolute Gasteiger partial charge is 0.383 e. The predicted molar refractivity (Wildman–Crippen MR) is 97.4 cm³/mol. The molecule has 1 heterocycles. The second-order valence-corrected chi connectivity index (χ2v) is 6.56. The maximum Gasteiger partial charge on any atom is 0.252 e.